The molecule has 1 fully saturated rings. The summed E-state index contributed by atoms with van der Waals surface area (Å²) < 4.78 is 5.10. The van der Waals surface area contributed by atoms with Gasteiger partial charge in [0.2, 0.25) is 11.8 Å². The molecule has 2 unspecified atom stereocenters. The fourth-order valence-electron chi connectivity index (χ4n) is 3.18. The van der Waals surface area contributed by atoms with E-state index in [1.54, 1.807) is 24.4 Å². The van der Waals surface area contributed by atoms with Crippen LogP contribution in [0.5, 0.6) is 5.75 Å². The average molecular weight is 396 g/mol. The Balaban J connectivity index is 1.40. The number of carbonyl (C=O) groups excluding carboxylic acids is 2. The molecule has 1 aliphatic carbocycles. The molecule has 2 aromatic carbocycles. The highest BCUT2D eigenvalue weighted by Gasteiger charge is 2.48. The van der Waals surface area contributed by atoms with Gasteiger partial charge in [0.05, 0.1) is 35.2 Å². The lowest BCUT2D eigenvalue weighted by molar-refractivity contribution is -0.122. The van der Waals surface area contributed by atoms with Crippen LogP contribution in [0, 0.1) is 11.8 Å². The van der Waals surface area contributed by atoms with Gasteiger partial charge in [-0.1, -0.05) is 29.8 Å². The van der Waals surface area contributed by atoms with Crippen LogP contribution in [0.1, 0.15) is 6.42 Å². The second kappa shape index (κ2) is 7.48. The number of nitrogens with one attached hydrogen (secondary N) is 2. The van der Waals surface area contributed by atoms with Gasteiger partial charge in [-0.25, -0.2) is 0 Å². The van der Waals surface area contributed by atoms with Crippen molar-refractivity contribution in [3.8, 4) is 5.75 Å². The summed E-state index contributed by atoms with van der Waals surface area (Å²) >= 11 is 6.08. The number of ether oxygens (including phenoxy) is 1. The lowest BCUT2D eigenvalue weighted by Crippen LogP contribution is -2.20. The van der Waals surface area contributed by atoms with E-state index >= 15 is 0 Å². The summed E-state index contributed by atoms with van der Waals surface area (Å²) in [5.74, 6) is -0.549. The van der Waals surface area contributed by atoms with Crippen molar-refractivity contribution in [2.45, 2.75) is 6.42 Å². The van der Waals surface area contributed by atoms with Gasteiger partial charge in [0.1, 0.15) is 5.75 Å². The van der Waals surface area contributed by atoms with E-state index in [4.69, 9.17) is 16.3 Å². The first kappa shape index (κ1) is 18.3. The minimum atomic E-state index is -0.358. The van der Waals surface area contributed by atoms with E-state index < -0.39 is 0 Å². The number of amides is 2. The molecule has 7 heteroatoms. The number of pyridine rings is 1. The highest BCUT2D eigenvalue weighted by Crippen LogP contribution is 2.41. The molecule has 3 aromatic rings. The molecule has 0 spiro atoms. The predicted octanol–water partition coefficient (Wildman–Crippen LogP) is 4.11. The van der Waals surface area contributed by atoms with Gasteiger partial charge >= 0.3 is 0 Å². The van der Waals surface area contributed by atoms with E-state index in [1.807, 2.05) is 30.3 Å². The topological polar surface area (TPSA) is 80.3 Å². The molecule has 1 saturated carbocycles. The Hall–Kier alpha value is -3.12. The van der Waals surface area contributed by atoms with Gasteiger partial charge in [-0.05, 0) is 36.8 Å². The fraction of sp³-hybridized carbons (Fsp3) is 0.190. The molecule has 6 nitrogen and oxygen atoms in total. The molecule has 2 N–H and O–H groups in total. The summed E-state index contributed by atoms with van der Waals surface area (Å²) in [5.41, 5.74) is 1.95. The predicted molar refractivity (Wildman–Crippen MR) is 109 cm³/mol. The maximum atomic E-state index is 12.6. The van der Waals surface area contributed by atoms with Crippen molar-refractivity contribution in [2.24, 2.45) is 11.8 Å². The Morgan fingerprint density at radius 3 is 2.57 bits per heavy atom. The zero-order chi connectivity index (χ0) is 19.7. The van der Waals surface area contributed by atoms with E-state index in [2.05, 4.69) is 15.6 Å². The summed E-state index contributed by atoms with van der Waals surface area (Å²) in [7, 11) is 1.53. The third-order valence-electron chi connectivity index (χ3n) is 4.77. The first-order valence-electron chi connectivity index (χ1n) is 8.86. The number of carbonyl (C=O) groups is 2. The highest BCUT2D eigenvalue weighted by atomic mass is 35.5. The Bertz CT molecular complexity index is 1060. The zero-order valence-corrected chi connectivity index (χ0v) is 15.9. The van der Waals surface area contributed by atoms with Gasteiger partial charge in [-0.2, -0.15) is 0 Å². The maximum Gasteiger partial charge on any atom is 0.228 e. The van der Waals surface area contributed by atoms with Gasteiger partial charge in [-0.3, -0.25) is 14.6 Å². The molecule has 0 aliphatic heterocycles. The molecule has 142 valence electrons. The van der Waals surface area contributed by atoms with Crippen LogP contribution in [0.25, 0.3) is 10.9 Å². The molecule has 2 atom stereocenters. The van der Waals surface area contributed by atoms with Crippen molar-refractivity contribution < 1.29 is 14.3 Å². The largest absolute Gasteiger partial charge is 0.495 e. The van der Waals surface area contributed by atoms with Crippen LogP contribution in [-0.4, -0.2) is 23.9 Å². The molecule has 1 heterocycles. The standard InChI is InChI=1S/C21H18ClN3O3/c1-28-18-8-7-13(10-16(18)22)24-20(26)14-11-15(14)21(27)25-17-6-2-4-12-5-3-9-23-19(12)17/h2-10,14-15H,11H2,1H3,(H,24,26)(H,25,27). The van der Waals surface area contributed by atoms with E-state index in [0.29, 0.717) is 28.6 Å². The number of anilines is 2. The number of methoxy groups -OCH3 is 1. The zero-order valence-electron chi connectivity index (χ0n) is 15.1. The number of halogens is 1. The first-order chi connectivity index (χ1) is 13.6. The molecule has 0 radical (unpaired) electrons. The number of rotatable bonds is 5. The average Bonchev–Trinajstić information content (AvgIpc) is 3.50. The van der Waals surface area contributed by atoms with Gasteiger partial charge < -0.3 is 15.4 Å². The molecular formula is C21H18ClN3O3. The Morgan fingerprint density at radius 2 is 1.82 bits per heavy atom. The van der Waals surface area contributed by atoms with Gasteiger partial charge in [0.15, 0.2) is 0 Å². The number of fused-ring (bicyclic) bond motifs is 1. The smallest absolute Gasteiger partial charge is 0.228 e. The van der Waals surface area contributed by atoms with Gasteiger partial charge in [0, 0.05) is 17.3 Å². The van der Waals surface area contributed by atoms with E-state index in [9.17, 15) is 9.59 Å². The quantitative estimate of drug-likeness (QED) is 0.681. The molecule has 1 aromatic heterocycles. The molecule has 28 heavy (non-hydrogen) atoms. The lowest BCUT2D eigenvalue weighted by atomic mass is 10.2. The molecule has 4 rings (SSSR count). The highest BCUT2D eigenvalue weighted by molar-refractivity contribution is 6.32. The Morgan fingerprint density at radius 1 is 1.07 bits per heavy atom. The number of aromatic nitrogens is 1. The molecule has 0 saturated heterocycles. The normalized spacial score (nSPS) is 17.8. The van der Waals surface area contributed by atoms with Crippen molar-refractivity contribution in [2.75, 3.05) is 17.7 Å². The van der Waals surface area contributed by atoms with Gasteiger partial charge in [-0.15, -0.1) is 0 Å². The minimum absolute atomic E-state index is 0.175. The maximum absolute atomic E-state index is 12.6. The SMILES string of the molecule is COc1ccc(NC(=O)C2CC2C(=O)Nc2cccc3cccnc23)cc1Cl. The van der Waals surface area contributed by atoms with Crippen molar-refractivity contribution in [3.63, 3.8) is 0 Å². The number of hydrogen-bond acceptors (Lipinski definition) is 4. The van der Waals surface area contributed by atoms with Crippen LogP contribution in [0.15, 0.2) is 54.7 Å². The summed E-state index contributed by atoms with van der Waals surface area (Å²) in [6.45, 7) is 0. The Labute approximate surface area is 166 Å². The summed E-state index contributed by atoms with van der Waals surface area (Å²) in [6, 6.07) is 14.4. The molecule has 2 amide bonds. The van der Waals surface area contributed by atoms with Crippen LogP contribution in [0.3, 0.4) is 0 Å². The molecule has 1 aliphatic rings. The van der Waals surface area contributed by atoms with E-state index in [-0.39, 0.29) is 23.7 Å². The fourth-order valence-corrected chi connectivity index (χ4v) is 3.44. The van der Waals surface area contributed by atoms with Crippen LogP contribution in [-0.2, 0) is 9.59 Å². The first-order valence-corrected chi connectivity index (χ1v) is 9.23. The third kappa shape index (κ3) is 3.64. The Kier molecular flexibility index (Phi) is 4.88. The lowest BCUT2D eigenvalue weighted by Gasteiger charge is -2.09. The van der Waals surface area contributed by atoms with Crippen LogP contribution in [0.2, 0.25) is 5.02 Å². The summed E-state index contributed by atoms with van der Waals surface area (Å²) in [4.78, 5) is 29.3. The molecular weight excluding hydrogens is 378 g/mol. The molecule has 0 bridgehead atoms. The minimum Gasteiger partial charge on any atom is -0.495 e. The van der Waals surface area contributed by atoms with E-state index in [0.717, 1.165) is 10.9 Å². The van der Waals surface area contributed by atoms with E-state index in [1.165, 1.54) is 7.11 Å². The number of para-hydroxylation sites is 1. The van der Waals surface area contributed by atoms with Crippen LogP contribution >= 0.6 is 11.6 Å². The summed E-state index contributed by atoms with van der Waals surface area (Å²) in [5, 5.41) is 7.06. The van der Waals surface area contributed by atoms with Crippen molar-refractivity contribution in [1.29, 1.82) is 0 Å². The second-order valence-corrected chi connectivity index (χ2v) is 7.06. The van der Waals surface area contributed by atoms with Gasteiger partial charge in [0.25, 0.3) is 0 Å². The second-order valence-electron chi connectivity index (χ2n) is 6.66. The number of benzene rings is 2. The summed E-state index contributed by atoms with van der Waals surface area (Å²) in [6.07, 6.45) is 2.20. The third-order valence-corrected chi connectivity index (χ3v) is 5.07. The van der Waals surface area contributed by atoms with Crippen LogP contribution in [0.4, 0.5) is 11.4 Å². The van der Waals surface area contributed by atoms with Crippen LogP contribution < -0.4 is 15.4 Å². The number of nitrogens with zero attached hydrogens (tertiary/aromatic N) is 1. The monoisotopic (exact) mass is 395 g/mol. The van der Waals surface area contributed by atoms with Crippen molar-refractivity contribution in [3.05, 3.63) is 59.8 Å². The van der Waals surface area contributed by atoms with Crippen molar-refractivity contribution in [1.82, 2.24) is 4.98 Å². The van der Waals surface area contributed by atoms with Crippen molar-refractivity contribution >= 4 is 45.7 Å². The number of hydrogen-bond donors (Lipinski definition) is 2.